The van der Waals surface area contributed by atoms with Gasteiger partial charge in [0.15, 0.2) is 17.5 Å². The second-order valence-electron chi connectivity index (χ2n) is 6.43. The molecule has 0 aromatic heterocycles. The number of fused-ring (bicyclic) bond motifs is 1. The van der Waals surface area contributed by atoms with Crippen LogP contribution in [0.15, 0.2) is 47.5 Å². The van der Waals surface area contributed by atoms with E-state index in [-0.39, 0.29) is 29.7 Å². The Hall–Kier alpha value is -2.56. The van der Waals surface area contributed by atoms with Crippen LogP contribution < -0.4 is 14.8 Å². The standard InChI is InChI=1S/C20H24N4O4.HI/c1-3-21-20(22-13-15-4-7-17(8-5-15)24(25)26)23(2)14-16-6-9-18-19(12-16)28-11-10-27-18;/h4-9,12H,3,10-11,13-14H2,1-2H3,(H,21,22);1H. The molecular formula is C20H25IN4O4. The minimum atomic E-state index is -0.405. The van der Waals surface area contributed by atoms with Crippen LogP contribution in [-0.2, 0) is 13.1 Å². The fraction of sp³-hybridized carbons (Fsp3) is 0.350. The largest absolute Gasteiger partial charge is 0.486 e. The molecule has 0 aliphatic carbocycles. The van der Waals surface area contributed by atoms with E-state index in [0.717, 1.165) is 35.1 Å². The number of nitro groups is 1. The monoisotopic (exact) mass is 512 g/mol. The van der Waals surface area contributed by atoms with Gasteiger partial charge in [0.05, 0.1) is 11.5 Å². The number of benzene rings is 2. The first-order chi connectivity index (χ1) is 13.6. The molecule has 2 aromatic rings. The number of ether oxygens (including phenoxy) is 2. The second kappa shape index (κ2) is 10.8. The third kappa shape index (κ3) is 6.21. The summed E-state index contributed by atoms with van der Waals surface area (Å²) in [5, 5.41) is 14.0. The molecule has 0 fully saturated rings. The topological polar surface area (TPSA) is 89.2 Å². The van der Waals surface area contributed by atoms with E-state index >= 15 is 0 Å². The lowest BCUT2D eigenvalue weighted by Gasteiger charge is -2.24. The highest BCUT2D eigenvalue weighted by Crippen LogP contribution is 2.31. The SMILES string of the molecule is CCNC(=NCc1ccc([N+](=O)[O-])cc1)N(C)Cc1ccc2c(c1)OCCO2.I. The number of nitrogens with one attached hydrogen (secondary N) is 1. The molecule has 1 heterocycles. The van der Waals surface area contributed by atoms with Gasteiger partial charge in [-0.2, -0.15) is 0 Å². The number of aliphatic imine (C=N–C) groups is 1. The third-order valence-electron chi connectivity index (χ3n) is 4.28. The number of rotatable bonds is 6. The van der Waals surface area contributed by atoms with E-state index in [1.54, 1.807) is 12.1 Å². The Morgan fingerprint density at radius 1 is 1.14 bits per heavy atom. The molecule has 3 rings (SSSR count). The Labute approximate surface area is 187 Å². The van der Waals surface area contributed by atoms with Gasteiger partial charge in [-0.1, -0.05) is 18.2 Å². The molecule has 8 nitrogen and oxygen atoms in total. The van der Waals surface area contributed by atoms with Crippen molar-refractivity contribution >= 4 is 35.6 Å². The summed E-state index contributed by atoms with van der Waals surface area (Å²) in [5.41, 5.74) is 2.08. The van der Waals surface area contributed by atoms with Crippen molar-refractivity contribution in [2.45, 2.75) is 20.0 Å². The van der Waals surface area contributed by atoms with E-state index < -0.39 is 4.92 Å². The van der Waals surface area contributed by atoms with E-state index in [4.69, 9.17) is 9.47 Å². The number of nitrogens with zero attached hydrogens (tertiary/aromatic N) is 3. The number of non-ortho nitro benzene ring substituents is 1. The number of hydrogen-bond donors (Lipinski definition) is 1. The van der Waals surface area contributed by atoms with Crippen LogP contribution in [-0.4, -0.2) is 42.6 Å². The van der Waals surface area contributed by atoms with Gasteiger partial charge in [-0.25, -0.2) is 4.99 Å². The Balaban J connectivity index is 0.00000300. The molecule has 0 spiro atoms. The van der Waals surface area contributed by atoms with Crippen molar-refractivity contribution in [2.75, 3.05) is 26.8 Å². The molecule has 2 aromatic carbocycles. The molecule has 0 saturated carbocycles. The van der Waals surface area contributed by atoms with Crippen molar-refractivity contribution in [1.29, 1.82) is 0 Å². The van der Waals surface area contributed by atoms with E-state index in [1.165, 1.54) is 12.1 Å². The van der Waals surface area contributed by atoms with E-state index in [9.17, 15) is 10.1 Å². The van der Waals surface area contributed by atoms with Crippen molar-refractivity contribution < 1.29 is 14.4 Å². The summed E-state index contributed by atoms with van der Waals surface area (Å²) in [7, 11) is 1.97. The average molecular weight is 512 g/mol. The van der Waals surface area contributed by atoms with Crippen LogP contribution in [0, 0.1) is 10.1 Å². The van der Waals surface area contributed by atoms with Crippen molar-refractivity contribution in [1.82, 2.24) is 10.2 Å². The Morgan fingerprint density at radius 3 is 2.45 bits per heavy atom. The number of nitro benzene ring substituents is 1. The molecule has 0 radical (unpaired) electrons. The first-order valence-corrected chi connectivity index (χ1v) is 9.18. The van der Waals surface area contributed by atoms with Gasteiger partial charge < -0.3 is 19.7 Å². The normalized spacial score (nSPS) is 12.7. The summed E-state index contributed by atoms with van der Waals surface area (Å²) in [6.07, 6.45) is 0. The summed E-state index contributed by atoms with van der Waals surface area (Å²) in [6, 6.07) is 12.4. The molecule has 9 heteroatoms. The molecule has 0 bridgehead atoms. The van der Waals surface area contributed by atoms with Gasteiger partial charge in [-0.3, -0.25) is 10.1 Å². The zero-order chi connectivity index (χ0) is 19.9. The minimum absolute atomic E-state index is 0. The molecular weight excluding hydrogens is 487 g/mol. The van der Waals surface area contributed by atoms with Gasteiger partial charge in [-0.15, -0.1) is 24.0 Å². The van der Waals surface area contributed by atoms with Gasteiger partial charge in [-0.05, 0) is 30.2 Å². The number of guanidine groups is 1. The number of halogens is 1. The molecule has 156 valence electrons. The Kier molecular flexibility index (Phi) is 8.50. The first kappa shape index (κ1) is 22.7. The minimum Gasteiger partial charge on any atom is -0.486 e. The maximum absolute atomic E-state index is 10.8. The lowest BCUT2D eigenvalue weighted by molar-refractivity contribution is -0.384. The zero-order valence-electron chi connectivity index (χ0n) is 16.5. The van der Waals surface area contributed by atoms with E-state index in [2.05, 4.69) is 10.3 Å². The van der Waals surface area contributed by atoms with Gasteiger partial charge in [0, 0.05) is 32.3 Å². The fourth-order valence-corrected chi connectivity index (χ4v) is 2.89. The predicted molar refractivity (Wildman–Crippen MR) is 122 cm³/mol. The fourth-order valence-electron chi connectivity index (χ4n) is 2.89. The molecule has 0 amide bonds. The van der Waals surface area contributed by atoms with E-state index in [1.807, 2.05) is 37.1 Å². The van der Waals surface area contributed by atoms with Crippen LogP contribution in [0.4, 0.5) is 5.69 Å². The first-order valence-electron chi connectivity index (χ1n) is 9.18. The average Bonchev–Trinajstić information content (AvgIpc) is 2.71. The molecule has 0 unspecified atom stereocenters. The van der Waals surface area contributed by atoms with Crippen LogP contribution in [0.1, 0.15) is 18.1 Å². The summed E-state index contributed by atoms with van der Waals surface area (Å²) in [6.45, 7) is 4.98. The molecule has 29 heavy (non-hydrogen) atoms. The second-order valence-corrected chi connectivity index (χ2v) is 6.43. The lowest BCUT2D eigenvalue weighted by atomic mass is 10.2. The summed E-state index contributed by atoms with van der Waals surface area (Å²) in [5.74, 6) is 2.30. The van der Waals surface area contributed by atoms with E-state index in [0.29, 0.717) is 26.3 Å². The van der Waals surface area contributed by atoms with Gasteiger partial charge in [0.25, 0.3) is 5.69 Å². The molecule has 1 aliphatic rings. The van der Waals surface area contributed by atoms with Crippen LogP contribution in [0.2, 0.25) is 0 Å². The van der Waals surface area contributed by atoms with Gasteiger partial charge in [0.2, 0.25) is 0 Å². The highest BCUT2D eigenvalue weighted by molar-refractivity contribution is 14.0. The molecule has 1 aliphatic heterocycles. The van der Waals surface area contributed by atoms with Crippen LogP contribution >= 0.6 is 24.0 Å². The maximum atomic E-state index is 10.8. The van der Waals surface area contributed by atoms with Gasteiger partial charge >= 0.3 is 0 Å². The predicted octanol–water partition coefficient (Wildman–Crippen LogP) is 3.58. The molecule has 1 N–H and O–H groups in total. The van der Waals surface area contributed by atoms with Crippen LogP contribution in [0.25, 0.3) is 0 Å². The smallest absolute Gasteiger partial charge is 0.269 e. The molecule has 0 atom stereocenters. The summed E-state index contributed by atoms with van der Waals surface area (Å²) >= 11 is 0. The number of hydrogen-bond acceptors (Lipinski definition) is 5. The quantitative estimate of drug-likeness (QED) is 0.209. The van der Waals surface area contributed by atoms with Crippen molar-refractivity contribution in [3.05, 3.63) is 63.7 Å². The lowest BCUT2D eigenvalue weighted by Crippen LogP contribution is -2.38. The van der Waals surface area contributed by atoms with Crippen molar-refractivity contribution in [3.8, 4) is 11.5 Å². The highest BCUT2D eigenvalue weighted by Gasteiger charge is 2.13. The third-order valence-corrected chi connectivity index (χ3v) is 4.28. The zero-order valence-corrected chi connectivity index (χ0v) is 18.8. The Morgan fingerprint density at radius 2 is 1.79 bits per heavy atom. The summed E-state index contributed by atoms with van der Waals surface area (Å²) < 4.78 is 11.2. The van der Waals surface area contributed by atoms with Crippen LogP contribution in [0.5, 0.6) is 11.5 Å². The molecule has 0 saturated heterocycles. The summed E-state index contributed by atoms with van der Waals surface area (Å²) in [4.78, 5) is 17.0. The Bertz CT molecular complexity index is 858. The highest BCUT2D eigenvalue weighted by atomic mass is 127. The van der Waals surface area contributed by atoms with Crippen molar-refractivity contribution in [2.24, 2.45) is 4.99 Å². The van der Waals surface area contributed by atoms with Gasteiger partial charge in [0.1, 0.15) is 13.2 Å². The van der Waals surface area contributed by atoms with Crippen LogP contribution in [0.3, 0.4) is 0 Å². The maximum Gasteiger partial charge on any atom is 0.269 e. The van der Waals surface area contributed by atoms with Crippen molar-refractivity contribution in [3.63, 3.8) is 0 Å².